The molecular formula is C22H34N6O2. The second kappa shape index (κ2) is 11.0. The van der Waals surface area contributed by atoms with Crippen molar-refractivity contribution in [2.24, 2.45) is 4.99 Å². The van der Waals surface area contributed by atoms with E-state index in [4.69, 9.17) is 9.26 Å². The molecule has 30 heavy (non-hydrogen) atoms. The number of rotatable bonds is 9. The minimum atomic E-state index is -0.189. The molecule has 2 unspecified atom stereocenters. The summed E-state index contributed by atoms with van der Waals surface area (Å²) >= 11 is 0. The monoisotopic (exact) mass is 414 g/mol. The van der Waals surface area contributed by atoms with Crippen molar-refractivity contribution in [1.82, 2.24) is 20.8 Å². The van der Waals surface area contributed by atoms with Gasteiger partial charge in [0.25, 0.3) is 0 Å². The minimum Gasteiger partial charge on any atom is -0.372 e. The van der Waals surface area contributed by atoms with Crippen molar-refractivity contribution in [2.75, 3.05) is 31.1 Å². The molecule has 0 radical (unpaired) electrons. The van der Waals surface area contributed by atoms with E-state index in [1.54, 1.807) is 0 Å². The predicted molar refractivity (Wildman–Crippen MR) is 119 cm³/mol. The smallest absolute Gasteiger partial charge is 0.248 e. The number of aliphatic imine (C=N–C) groups is 1. The summed E-state index contributed by atoms with van der Waals surface area (Å²) in [6.07, 6.45) is 2.36. The molecule has 1 aromatic carbocycles. The Hall–Kier alpha value is -2.61. The third-order valence-corrected chi connectivity index (χ3v) is 5.18. The van der Waals surface area contributed by atoms with Crippen LogP contribution in [0.15, 0.2) is 33.8 Å². The molecule has 2 aromatic rings. The molecule has 0 amide bonds. The van der Waals surface area contributed by atoms with E-state index in [1.807, 2.05) is 20.8 Å². The predicted octanol–water partition coefficient (Wildman–Crippen LogP) is 3.58. The first-order chi connectivity index (χ1) is 14.6. The van der Waals surface area contributed by atoms with E-state index in [0.29, 0.717) is 30.8 Å². The van der Waals surface area contributed by atoms with Crippen LogP contribution in [0.25, 0.3) is 0 Å². The summed E-state index contributed by atoms with van der Waals surface area (Å²) in [6, 6.07) is 8.86. The van der Waals surface area contributed by atoms with Gasteiger partial charge in [-0.05, 0) is 58.2 Å². The lowest BCUT2D eigenvalue weighted by molar-refractivity contribution is 0.0683. The van der Waals surface area contributed by atoms with Gasteiger partial charge in [0.1, 0.15) is 12.6 Å². The van der Waals surface area contributed by atoms with Crippen molar-refractivity contribution in [2.45, 2.75) is 59.2 Å². The molecule has 0 saturated carbocycles. The SMILES string of the molecule is CCNC(=NCc1nc(C(C)OCC)no1)NC(C)c1cccc(N2CCCC2)c1. The number of nitrogens with one attached hydrogen (secondary N) is 2. The summed E-state index contributed by atoms with van der Waals surface area (Å²) < 4.78 is 10.8. The van der Waals surface area contributed by atoms with Gasteiger partial charge in [-0.1, -0.05) is 17.3 Å². The molecule has 2 N–H and O–H groups in total. The fraction of sp³-hybridized carbons (Fsp3) is 0.591. The molecule has 8 heteroatoms. The number of nitrogens with zero attached hydrogens (tertiary/aromatic N) is 4. The van der Waals surface area contributed by atoms with Crippen molar-refractivity contribution in [3.63, 3.8) is 0 Å². The van der Waals surface area contributed by atoms with Crippen LogP contribution in [0.1, 0.15) is 70.0 Å². The number of hydrogen-bond donors (Lipinski definition) is 2. The Labute approximate surface area is 179 Å². The normalized spacial score (nSPS) is 16.5. The van der Waals surface area contributed by atoms with E-state index in [1.165, 1.54) is 24.1 Å². The molecule has 0 spiro atoms. The van der Waals surface area contributed by atoms with Gasteiger partial charge in [0.2, 0.25) is 5.89 Å². The van der Waals surface area contributed by atoms with E-state index >= 15 is 0 Å². The molecule has 1 saturated heterocycles. The van der Waals surface area contributed by atoms with E-state index in [-0.39, 0.29) is 12.1 Å². The van der Waals surface area contributed by atoms with Crippen molar-refractivity contribution in [1.29, 1.82) is 0 Å². The van der Waals surface area contributed by atoms with Gasteiger partial charge in [-0.2, -0.15) is 4.98 Å². The molecule has 8 nitrogen and oxygen atoms in total. The Morgan fingerprint density at radius 3 is 2.80 bits per heavy atom. The number of ether oxygens (including phenoxy) is 1. The van der Waals surface area contributed by atoms with E-state index in [9.17, 15) is 0 Å². The van der Waals surface area contributed by atoms with Crippen LogP contribution in [-0.2, 0) is 11.3 Å². The van der Waals surface area contributed by atoms with Crippen molar-refractivity contribution in [3.8, 4) is 0 Å². The van der Waals surface area contributed by atoms with Crippen LogP contribution in [0.2, 0.25) is 0 Å². The van der Waals surface area contributed by atoms with Crippen LogP contribution in [-0.4, -0.2) is 42.3 Å². The summed E-state index contributed by atoms with van der Waals surface area (Å²) in [5, 5.41) is 10.8. The number of aromatic nitrogens is 2. The lowest BCUT2D eigenvalue weighted by Crippen LogP contribution is -2.38. The Kier molecular flexibility index (Phi) is 8.07. The average molecular weight is 415 g/mol. The molecule has 2 atom stereocenters. The maximum Gasteiger partial charge on any atom is 0.248 e. The van der Waals surface area contributed by atoms with Crippen LogP contribution in [0.5, 0.6) is 0 Å². The quantitative estimate of drug-likeness (QED) is 0.479. The number of guanidine groups is 1. The van der Waals surface area contributed by atoms with Gasteiger partial charge in [0.15, 0.2) is 11.8 Å². The maximum absolute atomic E-state index is 5.50. The van der Waals surface area contributed by atoms with Crippen molar-refractivity contribution >= 4 is 11.6 Å². The maximum atomic E-state index is 5.50. The van der Waals surface area contributed by atoms with Gasteiger partial charge in [-0.15, -0.1) is 0 Å². The molecular weight excluding hydrogens is 380 g/mol. The highest BCUT2D eigenvalue weighted by molar-refractivity contribution is 5.80. The Morgan fingerprint density at radius 2 is 2.07 bits per heavy atom. The standard InChI is InChI=1S/C22H34N6O2/c1-5-23-22(24-15-20-26-21(27-30-20)17(4)29-6-2)25-16(3)18-10-9-11-19(14-18)28-12-7-8-13-28/h9-11,14,16-17H,5-8,12-13,15H2,1-4H3,(H2,23,24,25). The first-order valence-corrected chi connectivity index (χ1v) is 10.9. The zero-order valence-electron chi connectivity index (χ0n) is 18.5. The van der Waals surface area contributed by atoms with Gasteiger partial charge >= 0.3 is 0 Å². The fourth-order valence-electron chi connectivity index (χ4n) is 3.54. The highest BCUT2D eigenvalue weighted by Gasteiger charge is 2.16. The summed E-state index contributed by atoms with van der Waals surface area (Å²) in [5.41, 5.74) is 2.53. The largest absolute Gasteiger partial charge is 0.372 e. The second-order valence-electron chi connectivity index (χ2n) is 7.49. The summed E-state index contributed by atoms with van der Waals surface area (Å²) in [6.45, 7) is 12.0. The van der Waals surface area contributed by atoms with Crippen molar-refractivity contribution in [3.05, 3.63) is 41.5 Å². The second-order valence-corrected chi connectivity index (χ2v) is 7.49. The molecule has 1 aliphatic rings. The summed E-state index contributed by atoms with van der Waals surface area (Å²) in [7, 11) is 0. The Bertz CT molecular complexity index is 815. The number of hydrogen-bond acceptors (Lipinski definition) is 6. The molecule has 3 rings (SSSR count). The van der Waals surface area contributed by atoms with Crippen molar-refractivity contribution < 1.29 is 9.26 Å². The molecule has 1 aliphatic heterocycles. The highest BCUT2D eigenvalue weighted by atomic mass is 16.5. The van der Waals surface area contributed by atoms with E-state index in [2.05, 4.69) is 61.9 Å². The molecule has 164 valence electrons. The average Bonchev–Trinajstić information content (AvgIpc) is 3.45. The number of benzene rings is 1. The van der Waals surface area contributed by atoms with Gasteiger partial charge < -0.3 is 24.8 Å². The third kappa shape index (κ3) is 5.95. The highest BCUT2D eigenvalue weighted by Crippen LogP contribution is 2.24. The molecule has 0 aliphatic carbocycles. The van der Waals surface area contributed by atoms with Crippen LogP contribution in [0, 0.1) is 0 Å². The van der Waals surface area contributed by atoms with Crippen LogP contribution >= 0.6 is 0 Å². The van der Waals surface area contributed by atoms with Crippen LogP contribution < -0.4 is 15.5 Å². The molecule has 1 aromatic heterocycles. The van der Waals surface area contributed by atoms with Gasteiger partial charge in [0, 0.05) is 31.9 Å². The van der Waals surface area contributed by atoms with E-state index < -0.39 is 0 Å². The zero-order valence-corrected chi connectivity index (χ0v) is 18.5. The van der Waals surface area contributed by atoms with Gasteiger partial charge in [-0.3, -0.25) is 0 Å². The van der Waals surface area contributed by atoms with Gasteiger partial charge in [0.05, 0.1) is 6.04 Å². The molecule has 1 fully saturated rings. The van der Waals surface area contributed by atoms with E-state index in [0.717, 1.165) is 19.6 Å². The molecule has 0 bridgehead atoms. The van der Waals surface area contributed by atoms with Crippen LogP contribution in [0.3, 0.4) is 0 Å². The Balaban J connectivity index is 1.64. The topological polar surface area (TPSA) is 87.8 Å². The lowest BCUT2D eigenvalue weighted by Gasteiger charge is -2.22. The summed E-state index contributed by atoms with van der Waals surface area (Å²) in [4.78, 5) is 11.4. The lowest BCUT2D eigenvalue weighted by atomic mass is 10.1. The summed E-state index contributed by atoms with van der Waals surface area (Å²) in [5.74, 6) is 1.73. The number of anilines is 1. The first kappa shape index (κ1) is 22.1. The molecule has 2 heterocycles. The minimum absolute atomic E-state index is 0.113. The fourth-order valence-corrected chi connectivity index (χ4v) is 3.54. The van der Waals surface area contributed by atoms with Gasteiger partial charge in [-0.25, -0.2) is 4.99 Å². The first-order valence-electron chi connectivity index (χ1n) is 10.9. The van der Waals surface area contributed by atoms with Crippen LogP contribution in [0.4, 0.5) is 5.69 Å². The third-order valence-electron chi connectivity index (χ3n) is 5.18. The Morgan fingerprint density at radius 1 is 1.27 bits per heavy atom. The zero-order chi connectivity index (χ0) is 21.3.